The fourth-order valence-corrected chi connectivity index (χ4v) is 1.86. The molecule has 0 radical (unpaired) electrons. The van der Waals surface area contributed by atoms with Crippen LogP contribution in [0.3, 0.4) is 0 Å². The molecular formula is C13H13ClO2. The maximum atomic E-state index is 11.8. The molecule has 0 saturated heterocycles. The summed E-state index contributed by atoms with van der Waals surface area (Å²) in [6.07, 6.45) is 0.497. The van der Waals surface area contributed by atoms with Gasteiger partial charge in [-0.05, 0) is 18.1 Å². The molecule has 0 bridgehead atoms. The summed E-state index contributed by atoms with van der Waals surface area (Å²) in [4.78, 5) is 11.8. The zero-order valence-electron chi connectivity index (χ0n) is 9.29. The van der Waals surface area contributed by atoms with E-state index in [1.807, 2.05) is 26.0 Å². The summed E-state index contributed by atoms with van der Waals surface area (Å²) in [6, 6.07) is 7.24. The Labute approximate surface area is 99.2 Å². The van der Waals surface area contributed by atoms with Gasteiger partial charge in [-0.2, -0.15) is 0 Å². The van der Waals surface area contributed by atoms with Gasteiger partial charge in [0.05, 0.1) is 5.02 Å². The minimum absolute atomic E-state index is 0.0299. The van der Waals surface area contributed by atoms with Crippen LogP contribution in [0.1, 0.15) is 30.8 Å². The van der Waals surface area contributed by atoms with Crippen LogP contribution in [-0.4, -0.2) is 5.78 Å². The molecule has 0 spiro atoms. The van der Waals surface area contributed by atoms with Crippen molar-refractivity contribution in [3.63, 3.8) is 0 Å². The van der Waals surface area contributed by atoms with Gasteiger partial charge >= 0.3 is 0 Å². The third kappa shape index (κ3) is 2.12. The lowest BCUT2D eigenvalue weighted by atomic mass is 10.1. The molecule has 0 aliphatic rings. The van der Waals surface area contributed by atoms with E-state index in [1.165, 1.54) is 0 Å². The van der Waals surface area contributed by atoms with E-state index in [-0.39, 0.29) is 5.78 Å². The number of hydrogen-bond acceptors (Lipinski definition) is 2. The highest BCUT2D eigenvalue weighted by atomic mass is 35.5. The van der Waals surface area contributed by atoms with E-state index in [0.717, 1.165) is 5.39 Å². The lowest BCUT2D eigenvalue weighted by Crippen LogP contribution is -2.01. The average molecular weight is 237 g/mol. The maximum Gasteiger partial charge on any atom is 0.198 e. The van der Waals surface area contributed by atoms with Crippen molar-refractivity contribution < 1.29 is 9.21 Å². The van der Waals surface area contributed by atoms with Crippen molar-refractivity contribution in [1.82, 2.24) is 0 Å². The molecule has 3 heteroatoms. The minimum atomic E-state index is 0.0299. The lowest BCUT2D eigenvalue weighted by Gasteiger charge is -1.99. The van der Waals surface area contributed by atoms with E-state index in [9.17, 15) is 4.79 Å². The van der Waals surface area contributed by atoms with Crippen LogP contribution in [0.25, 0.3) is 11.0 Å². The van der Waals surface area contributed by atoms with Gasteiger partial charge in [-0.3, -0.25) is 4.79 Å². The fraction of sp³-hybridized carbons (Fsp3) is 0.308. The molecule has 0 N–H and O–H groups in total. The van der Waals surface area contributed by atoms with Gasteiger partial charge in [-0.15, -0.1) is 0 Å². The first-order chi connectivity index (χ1) is 7.58. The molecule has 0 aliphatic heterocycles. The summed E-state index contributed by atoms with van der Waals surface area (Å²) in [5, 5.41) is 1.42. The molecule has 2 rings (SSSR count). The molecule has 0 amide bonds. The second-order valence-electron chi connectivity index (χ2n) is 4.29. The molecule has 84 valence electrons. The number of carbonyl (C=O) groups is 1. The van der Waals surface area contributed by atoms with Crippen LogP contribution in [0.15, 0.2) is 28.7 Å². The third-order valence-corrected chi connectivity index (χ3v) is 2.66. The summed E-state index contributed by atoms with van der Waals surface area (Å²) < 4.78 is 5.48. The van der Waals surface area contributed by atoms with Crippen molar-refractivity contribution in [1.29, 1.82) is 0 Å². The van der Waals surface area contributed by atoms with Gasteiger partial charge < -0.3 is 4.42 Å². The molecule has 0 fully saturated rings. The second kappa shape index (κ2) is 4.30. The number of para-hydroxylation sites is 1. The molecule has 1 aromatic carbocycles. The van der Waals surface area contributed by atoms with Crippen LogP contribution in [0.4, 0.5) is 0 Å². The van der Waals surface area contributed by atoms with Crippen molar-refractivity contribution >= 4 is 28.4 Å². The lowest BCUT2D eigenvalue weighted by molar-refractivity contribution is 0.0943. The molecular weight excluding hydrogens is 224 g/mol. The minimum Gasteiger partial charge on any atom is -0.451 e. The first kappa shape index (κ1) is 11.2. The van der Waals surface area contributed by atoms with Gasteiger partial charge in [0.15, 0.2) is 17.1 Å². The highest BCUT2D eigenvalue weighted by Crippen LogP contribution is 2.27. The number of benzene rings is 1. The maximum absolute atomic E-state index is 11.8. The van der Waals surface area contributed by atoms with Gasteiger partial charge in [0.25, 0.3) is 0 Å². The van der Waals surface area contributed by atoms with Crippen molar-refractivity contribution in [2.75, 3.05) is 0 Å². The Kier molecular flexibility index (Phi) is 3.01. The Morgan fingerprint density at radius 3 is 2.81 bits per heavy atom. The van der Waals surface area contributed by atoms with Crippen LogP contribution >= 0.6 is 11.6 Å². The van der Waals surface area contributed by atoms with Gasteiger partial charge in [0, 0.05) is 11.8 Å². The predicted molar refractivity (Wildman–Crippen MR) is 65.0 cm³/mol. The summed E-state index contributed by atoms with van der Waals surface area (Å²) in [7, 11) is 0. The number of ketones is 1. The second-order valence-corrected chi connectivity index (χ2v) is 4.70. The van der Waals surface area contributed by atoms with Gasteiger partial charge in [0.1, 0.15) is 0 Å². The molecule has 0 atom stereocenters. The Balaban J connectivity index is 2.40. The zero-order chi connectivity index (χ0) is 11.7. The largest absolute Gasteiger partial charge is 0.451 e. The van der Waals surface area contributed by atoms with Crippen LogP contribution < -0.4 is 0 Å². The predicted octanol–water partition coefficient (Wildman–Crippen LogP) is 4.32. The number of rotatable bonds is 3. The molecule has 16 heavy (non-hydrogen) atoms. The van der Waals surface area contributed by atoms with E-state index in [0.29, 0.717) is 28.7 Å². The van der Waals surface area contributed by atoms with E-state index in [2.05, 4.69) is 0 Å². The molecule has 0 saturated carbocycles. The monoisotopic (exact) mass is 236 g/mol. The van der Waals surface area contributed by atoms with E-state index in [4.69, 9.17) is 16.0 Å². The molecule has 0 aliphatic carbocycles. The van der Waals surface area contributed by atoms with Crippen LogP contribution in [0, 0.1) is 5.92 Å². The molecule has 2 nitrogen and oxygen atoms in total. The Bertz CT molecular complexity index is 526. The van der Waals surface area contributed by atoms with Crippen molar-refractivity contribution in [3.05, 3.63) is 35.0 Å². The topological polar surface area (TPSA) is 30.2 Å². The summed E-state index contributed by atoms with van der Waals surface area (Å²) in [5.41, 5.74) is 0.594. The molecule has 2 aromatic rings. The smallest absolute Gasteiger partial charge is 0.198 e. The number of fused-ring (bicyclic) bond motifs is 1. The van der Waals surface area contributed by atoms with Crippen LogP contribution in [-0.2, 0) is 0 Å². The van der Waals surface area contributed by atoms with E-state index in [1.54, 1.807) is 12.1 Å². The van der Waals surface area contributed by atoms with Gasteiger partial charge in [-0.25, -0.2) is 0 Å². The number of hydrogen-bond donors (Lipinski definition) is 0. The number of carbonyl (C=O) groups excluding carboxylic acids is 1. The van der Waals surface area contributed by atoms with E-state index < -0.39 is 0 Å². The van der Waals surface area contributed by atoms with Crippen LogP contribution in [0.5, 0.6) is 0 Å². The van der Waals surface area contributed by atoms with Crippen molar-refractivity contribution in [3.8, 4) is 0 Å². The standard InChI is InChI=1S/C13H13ClO2/c1-8(2)6-11(15)12-7-9-4-3-5-10(14)13(9)16-12/h3-5,7-8H,6H2,1-2H3. The molecule has 1 heterocycles. The quantitative estimate of drug-likeness (QED) is 0.743. The number of Topliss-reactive ketones (excluding diaryl/α,β-unsaturated/α-hetero) is 1. The normalized spacial score (nSPS) is 11.2. The SMILES string of the molecule is CC(C)CC(=O)c1cc2cccc(Cl)c2o1. The zero-order valence-corrected chi connectivity index (χ0v) is 10.0. The summed E-state index contributed by atoms with van der Waals surface area (Å²) in [5.74, 6) is 0.759. The Morgan fingerprint density at radius 2 is 2.19 bits per heavy atom. The van der Waals surface area contributed by atoms with Crippen molar-refractivity contribution in [2.45, 2.75) is 20.3 Å². The fourth-order valence-electron chi connectivity index (χ4n) is 1.64. The first-order valence-corrected chi connectivity index (χ1v) is 5.67. The molecule has 0 unspecified atom stereocenters. The highest BCUT2D eigenvalue weighted by molar-refractivity contribution is 6.34. The summed E-state index contributed by atoms with van der Waals surface area (Å²) >= 11 is 5.98. The number of furan rings is 1. The third-order valence-electron chi connectivity index (χ3n) is 2.36. The Hall–Kier alpha value is -1.28. The Morgan fingerprint density at radius 1 is 1.44 bits per heavy atom. The van der Waals surface area contributed by atoms with Gasteiger partial charge in [0.2, 0.25) is 0 Å². The first-order valence-electron chi connectivity index (χ1n) is 5.29. The highest BCUT2D eigenvalue weighted by Gasteiger charge is 2.14. The van der Waals surface area contributed by atoms with E-state index >= 15 is 0 Å². The summed E-state index contributed by atoms with van der Waals surface area (Å²) in [6.45, 7) is 4.01. The van der Waals surface area contributed by atoms with Gasteiger partial charge in [-0.1, -0.05) is 37.6 Å². The average Bonchev–Trinajstić information content (AvgIpc) is 2.61. The van der Waals surface area contributed by atoms with Crippen LogP contribution in [0.2, 0.25) is 5.02 Å². The number of halogens is 1. The molecule has 1 aromatic heterocycles. The van der Waals surface area contributed by atoms with Crippen molar-refractivity contribution in [2.24, 2.45) is 5.92 Å².